The van der Waals surface area contributed by atoms with E-state index in [4.69, 9.17) is 27.9 Å². The fourth-order valence-electron chi connectivity index (χ4n) is 2.27. The molecule has 0 bridgehead atoms. The normalized spacial score (nSPS) is 12.0. The summed E-state index contributed by atoms with van der Waals surface area (Å²) in [6.07, 6.45) is 0.966. The summed E-state index contributed by atoms with van der Waals surface area (Å²) in [5.74, 6) is 0.0776. The molecule has 1 aromatic heterocycles. The summed E-state index contributed by atoms with van der Waals surface area (Å²) in [4.78, 5) is 16.7. The maximum Gasteiger partial charge on any atom is 0.265 e. The number of benzene rings is 2. The molecule has 0 saturated heterocycles. The summed E-state index contributed by atoms with van der Waals surface area (Å²) in [6, 6.07) is 14.3. The SMILES string of the molecule is C[C@@H](Oc1cccc(Cl)c1Cl)C(=O)Nc1cccc2ncccc12. The molecule has 1 heterocycles. The van der Waals surface area contributed by atoms with Gasteiger partial charge < -0.3 is 10.1 Å². The summed E-state index contributed by atoms with van der Waals surface area (Å²) in [7, 11) is 0. The van der Waals surface area contributed by atoms with Crippen LogP contribution in [0, 0.1) is 0 Å². The van der Waals surface area contributed by atoms with E-state index < -0.39 is 6.10 Å². The molecule has 2 aromatic carbocycles. The molecule has 4 nitrogen and oxygen atoms in total. The molecule has 0 fully saturated rings. The van der Waals surface area contributed by atoms with Gasteiger partial charge in [-0.2, -0.15) is 0 Å². The molecule has 1 amide bonds. The van der Waals surface area contributed by atoms with Gasteiger partial charge in [0.2, 0.25) is 0 Å². The monoisotopic (exact) mass is 360 g/mol. The van der Waals surface area contributed by atoms with E-state index in [2.05, 4.69) is 10.3 Å². The highest BCUT2D eigenvalue weighted by atomic mass is 35.5. The second-order valence-corrected chi connectivity index (χ2v) is 5.96. The molecule has 1 N–H and O–H groups in total. The number of hydrogen-bond acceptors (Lipinski definition) is 3. The number of amides is 1. The van der Waals surface area contributed by atoms with E-state index in [9.17, 15) is 4.79 Å². The zero-order valence-electron chi connectivity index (χ0n) is 12.8. The van der Waals surface area contributed by atoms with Crippen LogP contribution in [0.1, 0.15) is 6.92 Å². The van der Waals surface area contributed by atoms with Gasteiger partial charge in [-0.25, -0.2) is 0 Å². The summed E-state index contributed by atoms with van der Waals surface area (Å²) in [6.45, 7) is 1.65. The van der Waals surface area contributed by atoms with Crippen LogP contribution in [0.5, 0.6) is 5.75 Å². The number of pyridine rings is 1. The Hall–Kier alpha value is -2.30. The second kappa shape index (κ2) is 7.07. The number of carbonyl (C=O) groups excluding carboxylic acids is 1. The predicted octanol–water partition coefficient (Wildman–Crippen LogP) is 4.95. The second-order valence-electron chi connectivity index (χ2n) is 5.18. The van der Waals surface area contributed by atoms with Gasteiger partial charge >= 0.3 is 0 Å². The molecule has 0 unspecified atom stereocenters. The van der Waals surface area contributed by atoms with Gasteiger partial charge in [0.05, 0.1) is 16.2 Å². The highest BCUT2D eigenvalue weighted by Crippen LogP contribution is 2.32. The van der Waals surface area contributed by atoms with Crippen molar-refractivity contribution in [2.24, 2.45) is 0 Å². The molecular formula is C18H14Cl2N2O2. The lowest BCUT2D eigenvalue weighted by atomic mass is 10.2. The van der Waals surface area contributed by atoms with E-state index in [1.807, 2.05) is 30.3 Å². The predicted molar refractivity (Wildman–Crippen MR) is 96.9 cm³/mol. The van der Waals surface area contributed by atoms with Gasteiger partial charge in [0.1, 0.15) is 10.8 Å². The van der Waals surface area contributed by atoms with Gasteiger partial charge in [0.25, 0.3) is 5.91 Å². The van der Waals surface area contributed by atoms with E-state index in [0.29, 0.717) is 16.5 Å². The molecule has 6 heteroatoms. The smallest absolute Gasteiger partial charge is 0.265 e. The van der Waals surface area contributed by atoms with Gasteiger partial charge in [0.15, 0.2) is 6.10 Å². The van der Waals surface area contributed by atoms with Crippen molar-refractivity contribution in [3.63, 3.8) is 0 Å². The molecule has 3 aromatic rings. The van der Waals surface area contributed by atoms with Crippen molar-refractivity contribution in [3.05, 3.63) is 64.8 Å². The van der Waals surface area contributed by atoms with Crippen molar-refractivity contribution < 1.29 is 9.53 Å². The average molecular weight is 361 g/mol. The van der Waals surface area contributed by atoms with Gasteiger partial charge in [0, 0.05) is 11.6 Å². The summed E-state index contributed by atoms with van der Waals surface area (Å²) < 4.78 is 5.63. The largest absolute Gasteiger partial charge is 0.479 e. The topological polar surface area (TPSA) is 51.2 Å². The van der Waals surface area contributed by atoms with Crippen molar-refractivity contribution in [3.8, 4) is 5.75 Å². The van der Waals surface area contributed by atoms with Crippen molar-refractivity contribution in [1.29, 1.82) is 0 Å². The lowest BCUT2D eigenvalue weighted by Crippen LogP contribution is -2.30. The fourth-order valence-corrected chi connectivity index (χ4v) is 2.60. The first-order valence-electron chi connectivity index (χ1n) is 7.31. The molecular weight excluding hydrogens is 347 g/mol. The minimum Gasteiger partial charge on any atom is -0.479 e. The van der Waals surface area contributed by atoms with Crippen LogP contribution in [-0.4, -0.2) is 17.0 Å². The maximum atomic E-state index is 12.4. The van der Waals surface area contributed by atoms with Gasteiger partial charge in [-0.1, -0.05) is 35.3 Å². The number of aromatic nitrogens is 1. The van der Waals surface area contributed by atoms with Crippen molar-refractivity contribution in [2.75, 3.05) is 5.32 Å². The first kappa shape index (κ1) is 16.6. The molecule has 0 aliphatic rings. The average Bonchev–Trinajstić information content (AvgIpc) is 2.59. The number of ether oxygens (including phenoxy) is 1. The molecule has 0 saturated carbocycles. The zero-order valence-corrected chi connectivity index (χ0v) is 14.3. The first-order valence-corrected chi connectivity index (χ1v) is 8.07. The van der Waals surface area contributed by atoms with Crippen LogP contribution in [0.25, 0.3) is 10.9 Å². The Balaban J connectivity index is 1.77. The fraction of sp³-hybridized carbons (Fsp3) is 0.111. The highest BCUT2D eigenvalue weighted by Gasteiger charge is 2.18. The number of nitrogens with zero attached hydrogens (tertiary/aromatic N) is 1. The molecule has 0 aliphatic heterocycles. The van der Waals surface area contributed by atoms with Crippen molar-refractivity contribution >= 4 is 45.7 Å². The number of rotatable bonds is 4. The summed E-state index contributed by atoms with van der Waals surface area (Å²) in [5.41, 5.74) is 1.49. The third kappa shape index (κ3) is 3.45. The Morgan fingerprint density at radius 1 is 1.12 bits per heavy atom. The van der Waals surface area contributed by atoms with Crippen molar-refractivity contribution in [1.82, 2.24) is 4.98 Å². The Kier molecular flexibility index (Phi) is 4.88. The minimum absolute atomic E-state index is 0.285. The molecule has 0 aliphatic carbocycles. The van der Waals surface area contributed by atoms with E-state index in [-0.39, 0.29) is 10.9 Å². The van der Waals surface area contributed by atoms with Gasteiger partial charge in [-0.3, -0.25) is 9.78 Å². The Morgan fingerprint density at radius 3 is 2.75 bits per heavy atom. The van der Waals surface area contributed by atoms with Crippen LogP contribution < -0.4 is 10.1 Å². The standard InChI is InChI=1S/C18H14Cl2N2O2/c1-11(24-16-9-2-6-13(19)17(16)20)18(23)22-15-8-3-7-14-12(15)5-4-10-21-14/h2-11H,1H3,(H,22,23)/t11-/m1/s1. The van der Waals surface area contributed by atoms with Crippen LogP contribution >= 0.6 is 23.2 Å². The molecule has 24 heavy (non-hydrogen) atoms. The third-order valence-electron chi connectivity index (χ3n) is 3.49. The lowest BCUT2D eigenvalue weighted by molar-refractivity contribution is -0.122. The van der Waals surface area contributed by atoms with E-state index in [1.54, 1.807) is 31.3 Å². The molecule has 0 radical (unpaired) electrons. The van der Waals surface area contributed by atoms with Crippen LogP contribution in [0.2, 0.25) is 10.0 Å². The quantitative estimate of drug-likeness (QED) is 0.716. The van der Waals surface area contributed by atoms with Gasteiger partial charge in [-0.15, -0.1) is 0 Å². The number of anilines is 1. The van der Waals surface area contributed by atoms with Crippen LogP contribution in [-0.2, 0) is 4.79 Å². The van der Waals surface area contributed by atoms with E-state index >= 15 is 0 Å². The van der Waals surface area contributed by atoms with E-state index in [1.165, 1.54) is 0 Å². The Morgan fingerprint density at radius 2 is 1.92 bits per heavy atom. The van der Waals surface area contributed by atoms with Crippen LogP contribution in [0.15, 0.2) is 54.7 Å². The first-order chi connectivity index (χ1) is 11.6. The number of hydrogen-bond donors (Lipinski definition) is 1. The van der Waals surface area contributed by atoms with Crippen molar-refractivity contribution in [2.45, 2.75) is 13.0 Å². The number of nitrogens with one attached hydrogen (secondary N) is 1. The molecule has 1 atom stereocenters. The number of fused-ring (bicyclic) bond motifs is 1. The summed E-state index contributed by atoms with van der Waals surface area (Å²) in [5, 5.41) is 4.38. The van der Waals surface area contributed by atoms with Crippen LogP contribution in [0.4, 0.5) is 5.69 Å². The number of carbonyl (C=O) groups is 1. The molecule has 0 spiro atoms. The molecule has 3 rings (SSSR count). The highest BCUT2D eigenvalue weighted by molar-refractivity contribution is 6.42. The Labute approximate surface area is 149 Å². The minimum atomic E-state index is -0.743. The Bertz CT molecular complexity index is 894. The lowest BCUT2D eigenvalue weighted by Gasteiger charge is -2.16. The zero-order chi connectivity index (χ0) is 17.1. The van der Waals surface area contributed by atoms with Gasteiger partial charge in [-0.05, 0) is 43.3 Å². The van der Waals surface area contributed by atoms with E-state index in [0.717, 1.165) is 10.9 Å². The van der Waals surface area contributed by atoms with Crippen LogP contribution in [0.3, 0.4) is 0 Å². The molecule has 122 valence electrons. The number of halogens is 2. The third-order valence-corrected chi connectivity index (χ3v) is 4.29. The summed E-state index contributed by atoms with van der Waals surface area (Å²) >= 11 is 12.0. The maximum absolute atomic E-state index is 12.4.